The Balaban J connectivity index is 1.68. The highest BCUT2D eigenvalue weighted by molar-refractivity contribution is 7.86. The molecule has 0 radical (unpaired) electrons. The first-order valence-electron chi connectivity index (χ1n) is 6.90. The van der Waals surface area contributed by atoms with Gasteiger partial charge >= 0.3 is 0 Å². The maximum atomic E-state index is 13.1. The van der Waals surface area contributed by atoms with Gasteiger partial charge in [-0.25, -0.2) is 8.78 Å². The first kappa shape index (κ1) is 13.9. The summed E-state index contributed by atoms with van der Waals surface area (Å²) in [4.78, 5) is 12.3. The summed E-state index contributed by atoms with van der Waals surface area (Å²) in [5.41, 5.74) is 0.507. The van der Waals surface area contributed by atoms with Crippen molar-refractivity contribution >= 4 is 16.6 Å². The monoisotopic (exact) mass is 298 g/mol. The van der Waals surface area contributed by atoms with Gasteiger partial charge in [0.05, 0.1) is 0 Å². The minimum Gasteiger partial charge on any atom is -0.299 e. The molecule has 2 aliphatic heterocycles. The molecule has 2 heterocycles. The summed E-state index contributed by atoms with van der Waals surface area (Å²) in [5.74, 6) is -1.82. The topological polar surface area (TPSA) is 34.1 Å². The fourth-order valence-electron chi connectivity index (χ4n) is 3.29. The number of hydrogen-bond donors (Lipinski definition) is 0. The second-order valence-corrected chi connectivity index (χ2v) is 7.70. The number of halogens is 2. The van der Waals surface area contributed by atoms with Crippen molar-refractivity contribution in [3.8, 4) is 0 Å². The van der Waals surface area contributed by atoms with Crippen LogP contribution in [0.2, 0.25) is 0 Å². The third kappa shape index (κ3) is 2.55. The van der Waals surface area contributed by atoms with E-state index in [-0.39, 0.29) is 28.6 Å². The lowest BCUT2D eigenvalue weighted by atomic mass is 9.91. The molecule has 5 heteroatoms. The van der Waals surface area contributed by atoms with Gasteiger partial charge in [0.25, 0.3) is 0 Å². The second kappa shape index (κ2) is 5.35. The van der Waals surface area contributed by atoms with Crippen LogP contribution in [0.15, 0.2) is 18.2 Å². The van der Waals surface area contributed by atoms with Gasteiger partial charge in [-0.1, -0.05) is 6.07 Å². The molecule has 0 amide bonds. The quantitative estimate of drug-likeness (QED) is 0.860. The Kier molecular flexibility index (Phi) is 3.71. The SMILES string of the molecule is O=C(Cc1ccc(F)c(F)c1)C1CC2CCC(C1)S2=O. The number of Topliss-reactive ketones (excluding diaryl/α,β-unsaturated/α-hetero) is 1. The maximum Gasteiger partial charge on any atom is 0.159 e. The number of fused-ring (bicyclic) bond motifs is 2. The molecule has 2 unspecified atom stereocenters. The van der Waals surface area contributed by atoms with Gasteiger partial charge in [-0.15, -0.1) is 0 Å². The van der Waals surface area contributed by atoms with E-state index >= 15 is 0 Å². The van der Waals surface area contributed by atoms with Gasteiger partial charge in [0, 0.05) is 33.6 Å². The number of ketones is 1. The minimum atomic E-state index is -0.917. The molecule has 3 rings (SSSR count). The summed E-state index contributed by atoms with van der Waals surface area (Å²) in [5, 5.41) is 0.320. The molecule has 0 saturated carbocycles. The van der Waals surface area contributed by atoms with Crippen molar-refractivity contribution in [2.75, 3.05) is 0 Å². The van der Waals surface area contributed by atoms with Crippen LogP contribution in [0.3, 0.4) is 0 Å². The molecule has 2 atom stereocenters. The Bertz CT molecular complexity index is 557. The van der Waals surface area contributed by atoms with E-state index in [2.05, 4.69) is 0 Å². The number of hydrogen-bond acceptors (Lipinski definition) is 2. The van der Waals surface area contributed by atoms with Crippen molar-refractivity contribution in [1.29, 1.82) is 0 Å². The zero-order valence-electron chi connectivity index (χ0n) is 11.0. The van der Waals surface area contributed by atoms with Crippen LogP contribution in [0.1, 0.15) is 31.2 Å². The largest absolute Gasteiger partial charge is 0.299 e. The average molecular weight is 298 g/mol. The number of carbonyl (C=O) groups is 1. The Morgan fingerprint density at radius 2 is 1.80 bits per heavy atom. The van der Waals surface area contributed by atoms with Crippen molar-refractivity contribution < 1.29 is 17.8 Å². The standard InChI is InChI=1S/C15H16F2O2S/c16-13-4-1-9(5-14(13)17)6-15(18)10-7-11-2-3-12(8-10)20(11)19/h1,4-5,10-12H,2-3,6-8H2. The fourth-order valence-corrected chi connectivity index (χ4v) is 5.42. The summed E-state index contributed by atoms with van der Waals surface area (Å²) >= 11 is 0. The van der Waals surface area contributed by atoms with Gasteiger partial charge in [-0.3, -0.25) is 9.00 Å². The van der Waals surface area contributed by atoms with Gasteiger partial charge in [-0.05, 0) is 43.4 Å². The van der Waals surface area contributed by atoms with Gasteiger partial charge in [0.2, 0.25) is 0 Å². The van der Waals surface area contributed by atoms with Crippen LogP contribution < -0.4 is 0 Å². The highest BCUT2D eigenvalue weighted by Crippen LogP contribution is 2.39. The summed E-state index contributed by atoms with van der Waals surface area (Å²) < 4.78 is 37.9. The zero-order valence-corrected chi connectivity index (χ0v) is 11.8. The first-order valence-corrected chi connectivity index (χ1v) is 8.18. The Morgan fingerprint density at radius 1 is 1.15 bits per heavy atom. The van der Waals surface area contributed by atoms with E-state index in [9.17, 15) is 17.8 Å². The van der Waals surface area contributed by atoms with E-state index in [1.165, 1.54) is 6.07 Å². The minimum absolute atomic E-state index is 0.0598. The number of benzene rings is 1. The average Bonchev–Trinajstić information content (AvgIpc) is 2.65. The van der Waals surface area contributed by atoms with E-state index in [0.29, 0.717) is 18.4 Å². The van der Waals surface area contributed by atoms with Gasteiger partial charge in [0.15, 0.2) is 11.6 Å². The van der Waals surface area contributed by atoms with Crippen LogP contribution in [-0.4, -0.2) is 20.5 Å². The van der Waals surface area contributed by atoms with Crippen molar-refractivity contribution in [1.82, 2.24) is 0 Å². The molecule has 2 bridgehead atoms. The molecule has 2 aliphatic rings. The lowest BCUT2D eigenvalue weighted by Crippen LogP contribution is -2.32. The molecule has 0 aromatic heterocycles. The molecule has 108 valence electrons. The smallest absolute Gasteiger partial charge is 0.159 e. The van der Waals surface area contributed by atoms with E-state index in [1.54, 1.807) is 0 Å². The van der Waals surface area contributed by atoms with Gasteiger partial charge < -0.3 is 0 Å². The van der Waals surface area contributed by atoms with Crippen LogP contribution in [0, 0.1) is 17.6 Å². The normalized spacial score (nSPS) is 32.3. The molecule has 2 nitrogen and oxygen atoms in total. The van der Waals surface area contributed by atoms with Crippen LogP contribution in [-0.2, 0) is 22.0 Å². The molecular formula is C15H16F2O2S. The van der Waals surface area contributed by atoms with Crippen LogP contribution >= 0.6 is 0 Å². The molecule has 0 spiro atoms. The number of rotatable bonds is 3. The third-order valence-corrected chi connectivity index (χ3v) is 6.55. The van der Waals surface area contributed by atoms with Gasteiger partial charge in [-0.2, -0.15) is 0 Å². The second-order valence-electron chi connectivity index (χ2n) is 5.71. The Hall–Kier alpha value is -1.10. The Morgan fingerprint density at radius 3 is 2.40 bits per heavy atom. The summed E-state index contributed by atoms with van der Waals surface area (Å²) in [6, 6.07) is 3.59. The van der Waals surface area contributed by atoms with Crippen molar-refractivity contribution in [2.24, 2.45) is 5.92 Å². The van der Waals surface area contributed by atoms with Crippen molar-refractivity contribution in [2.45, 2.75) is 42.6 Å². The zero-order chi connectivity index (χ0) is 14.3. The number of carbonyl (C=O) groups excluding carboxylic acids is 1. The van der Waals surface area contributed by atoms with E-state index in [4.69, 9.17) is 0 Å². The van der Waals surface area contributed by atoms with E-state index in [0.717, 1.165) is 25.0 Å². The summed E-state index contributed by atoms with van der Waals surface area (Å²) in [6.07, 6.45) is 3.41. The van der Waals surface area contributed by atoms with Crippen LogP contribution in [0.4, 0.5) is 8.78 Å². The molecule has 20 heavy (non-hydrogen) atoms. The summed E-state index contributed by atoms with van der Waals surface area (Å²) in [6.45, 7) is 0. The molecular weight excluding hydrogens is 282 g/mol. The van der Waals surface area contributed by atoms with Gasteiger partial charge in [0.1, 0.15) is 5.78 Å². The molecule has 1 aromatic rings. The molecule has 0 aliphatic carbocycles. The Labute approximate surface area is 119 Å². The van der Waals surface area contributed by atoms with Crippen LogP contribution in [0.5, 0.6) is 0 Å². The molecule has 0 N–H and O–H groups in total. The van der Waals surface area contributed by atoms with E-state index < -0.39 is 22.4 Å². The molecule has 2 fully saturated rings. The highest BCUT2D eigenvalue weighted by atomic mass is 32.2. The summed E-state index contributed by atoms with van der Waals surface area (Å²) in [7, 11) is -0.771. The molecule has 2 saturated heterocycles. The van der Waals surface area contributed by atoms with Crippen molar-refractivity contribution in [3.63, 3.8) is 0 Å². The predicted molar refractivity (Wildman–Crippen MR) is 72.7 cm³/mol. The van der Waals surface area contributed by atoms with Crippen molar-refractivity contribution in [3.05, 3.63) is 35.4 Å². The first-order chi connectivity index (χ1) is 9.54. The lowest BCUT2D eigenvalue weighted by Gasteiger charge is -2.26. The molecule has 1 aromatic carbocycles. The van der Waals surface area contributed by atoms with Crippen LogP contribution in [0.25, 0.3) is 0 Å². The maximum absolute atomic E-state index is 13.1. The van der Waals surface area contributed by atoms with E-state index in [1.807, 2.05) is 0 Å². The third-order valence-electron chi connectivity index (χ3n) is 4.38. The highest BCUT2D eigenvalue weighted by Gasteiger charge is 2.42. The fraction of sp³-hybridized carbons (Fsp3) is 0.533. The predicted octanol–water partition coefficient (Wildman–Crippen LogP) is 2.77. The lowest BCUT2D eigenvalue weighted by molar-refractivity contribution is -0.122.